The van der Waals surface area contributed by atoms with Gasteiger partial charge in [0, 0.05) is 5.56 Å². The first-order chi connectivity index (χ1) is 12.9. The van der Waals surface area contributed by atoms with Gasteiger partial charge in [0.1, 0.15) is 0 Å². The first-order valence-electron chi connectivity index (χ1n) is 8.38. The van der Waals surface area contributed by atoms with Gasteiger partial charge in [-0.3, -0.25) is 4.79 Å². The van der Waals surface area contributed by atoms with Crippen molar-refractivity contribution < 1.29 is 23.7 Å². The monoisotopic (exact) mass is 390 g/mol. The molecule has 144 valence electrons. The number of ketones is 1. The van der Waals surface area contributed by atoms with Crippen molar-refractivity contribution in [2.24, 2.45) is 0 Å². The largest absolute Gasteiger partial charge is 0.493 e. The fraction of sp³-hybridized carbons (Fsp3) is 0.286. The Morgan fingerprint density at radius 3 is 2.22 bits per heavy atom. The van der Waals surface area contributed by atoms with Gasteiger partial charge in [-0.15, -0.1) is 0 Å². The molecule has 0 saturated heterocycles. The van der Waals surface area contributed by atoms with E-state index < -0.39 is 0 Å². The molecule has 0 aliphatic heterocycles. The van der Waals surface area contributed by atoms with Crippen LogP contribution in [-0.2, 0) is 0 Å². The Kier molecular flexibility index (Phi) is 7.13. The molecular weight excluding hydrogens is 368 g/mol. The van der Waals surface area contributed by atoms with E-state index in [1.807, 2.05) is 13.8 Å². The van der Waals surface area contributed by atoms with Crippen LogP contribution in [-0.4, -0.2) is 33.2 Å². The normalized spacial score (nSPS) is 10.9. The number of halogens is 1. The number of hydrogen-bond acceptors (Lipinski definition) is 5. The first kappa shape index (κ1) is 20.6. The van der Waals surface area contributed by atoms with Gasteiger partial charge in [-0.05, 0) is 55.8 Å². The van der Waals surface area contributed by atoms with Crippen LogP contribution in [0.1, 0.15) is 29.8 Å². The van der Waals surface area contributed by atoms with Crippen LogP contribution >= 0.6 is 11.6 Å². The molecule has 5 nitrogen and oxygen atoms in total. The van der Waals surface area contributed by atoms with E-state index in [0.29, 0.717) is 33.6 Å². The van der Waals surface area contributed by atoms with Crippen LogP contribution in [0.2, 0.25) is 5.02 Å². The molecule has 27 heavy (non-hydrogen) atoms. The number of carbonyl (C=O) groups excluding carboxylic acids is 1. The van der Waals surface area contributed by atoms with E-state index in [1.54, 1.807) is 50.6 Å². The number of hydrogen-bond donors (Lipinski definition) is 0. The smallest absolute Gasteiger partial charge is 0.185 e. The molecule has 6 heteroatoms. The molecule has 0 bridgehead atoms. The van der Waals surface area contributed by atoms with Crippen molar-refractivity contribution in [3.05, 3.63) is 52.6 Å². The number of rotatable bonds is 8. The maximum atomic E-state index is 12.5. The lowest BCUT2D eigenvalue weighted by molar-refractivity contribution is 0.104. The van der Waals surface area contributed by atoms with Crippen molar-refractivity contribution in [3.63, 3.8) is 0 Å². The summed E-state index contributed by atoms with van der Waals surface area (Å²) in [7, 11) is 4.61. The Balaban J connectivity index is 2.27. The van der Waals surface area contributed by atoms with Gasteiger partial charge in [-0.1, -0.05) is 17.7 Å². The molecule has 0 radical (unpaired) electrons. The summed E-state index contributed by atoms with van der Waals surface area (Å²) < 4.78 is 21.5. The summed E-state index contributed by atoms with van der Waals surface area (Å²) in [6, 6.07) is 8.50. The molecule has 0 N–H and O–H groups in total. The van der Waals surface area contributed by atoms with E-state index in [2.05, 4.69) is 0 Å². The highest BCUT2D eigenvalue weighted by Gasteiger charge is 2.13. The predicted molar refractivity (Wildman–Crippen MR) is 107 cm³/mol. The Morgan fingerprint density at radius 1 is 0.963 bits per heavy atom. The Bertz CT molecular complexity index is 843. The molecule has 0 fully saturated rings. The second-order valence-electron chi connectivity index (χ2n) is 5.97. The number of benzene rings is 2. The summed E-state index contributed by atoms with van der Waals surface area (Å²) in [6.07, 6.45) is 3.10. The molecule has 0 aliphatic rings. The molecule has 0 amide bonds. The summed E-state index contributed by atoms with van der Waals surface area (Å²) in [5.74, 6) is 1.88. The third-order valence-corrected chi connectivity index (χ3v) is 3.98. The lowest BCUT2D eigenvalue weighted by Crippen LogP contribution is -2.07. The predicted octanol–water partition coefficient (Wildman–Crippen LogP) is 5.05. The highest BCUT2D eigenvalue weighted by Crippen LogP contribution is 2.37. The first-order valence-corrected chi connectivity index (χ1v) is 8.76. The minimum absolute atomic E-state index is 0.0376. The molecule has 0 heterocycles. The van der Waals surface area contributed by atoms with Crippen LogP contribution in [0.3, 0.4) is 0 Å². The van der Waals surface area contributed by atoms with Gasteiger partial charge in [0.15, 0.2) is 28.8 Å². The van der Waals surface area contributed by atoms with E-state index in [9.17, 15) is 4.79 Å². The lowest BCUT2D eigenvalue weighted by atomic mass is 10.1. The SMILES string of the molecule is COc1ccc(C(=O)/C=C/c2cc(Cl)c(OC(C)C)c(OC)c2)cc1OC. The maximum absolute atomic E-state index is 12.5. The van der Waals surface area contributed by atoms with Crippen molar-refractivity contribution in [2.45, 2.75) is 20.0 Å². The quantitative estimate of drug-likeness (QED) is 0.466. The summed E-state index contributed by atoms with van der Waals surface area (Å²) in [5, 5.41) is 0.418. The van der Waals surface area contributed by atoms with Gasteiger partial charge in [0.05, 0.1) is 32.5 Å². The van der Waals surface area contributed by atoms with Gasteiger partial charge in [0.25, 0.3) is 0 Å². The number of allylic oxidation sites excluding steroid dienone is 1. The van der Waals surface area contributed by atoms with E-state index in [-0.39, 0.29) is 11.9 Å². The van der Waals surface area contributed by atoms with E-state index >= 15 is 0 Å². The number of carbonyl (C=O) groups is 1. The standard InChI is InChI=1S/C21H23ClO5/c1-13(2)27-21-16(22)10-14(11-20(21)26-5)6-8-17(23)15-7-9-18(24-3)19(12-15)25-4/h6-13H,1-5H3/b8-6+. The molecule has 0 unspecified atom stereocenters. The second kappa shape index (κ2) is 9.33. The Hall–Kier alpha value is -2.66. The second-order valence-corrected chi connectivity index (χ2v) is 6.38. The van der Waals surface area contributed by atoms with Crippen molar-refractivity contribution in [1.29, 1.82) is 0 Å². The van der Waals surface area contributed by atoms with Crippen LogP contribution in [0.5, 0.6) is 23.0 Å². The summed E-state index contributed by atoms with van der Waals surface area (Å²) >= 11 is 6.31. The fourth-order valence-corrected chi connectivity index (χ4v) is 2.71. The Labute approximate surface area is 164 Å². The zero-order valence-corrected chi connectivity index (χ0v) is 16.8. The maximum Gasteiger partial charge on any atom is 0.185 e. The third kappa shape index (κ3) is 5.17. The minimum atomic E-state index is -0.173. The van der Waals surface area contributed by atoms with Crippen molar-refractivity contribution in [3.8, 4) is 23.0 Å². The van der Waals surface area contributed by atoms with Crippen molar-refractivity contribution in [2.75, 3.05) is 21.3 Å². The third-order valence-electron chi connectivity index (χ3n) is 3.70. The summed E-state index contributed by atoms with van der Waals surface area (Å²) in [6.45, 7) is 3.82. The van der Waals surface area contributed by atoms with Gasteiger partial charge in [-0.2, -0.15) is 0 Å². The molecule has 2 aromatic carbocycles. The molecule has 0 atom stereocenters. The molecular formula is C21H23ClO5. The van der Waals surface area contributed by atoms with E-state index in [4.69, 9.17) is 30.5 Å². The van der Waals surface area contributed by atoms with Crippen molar-refractivity contribution >= 4 is 23.5 Å². The highest BCUT2D eigenvalue weighted by atomic mass is 35.5. The topological polar surface area (TPSA) is 54.0 Å². The van der Waals surface area contributed by atoms with E-state index in [1.165, 1.54) is 13.2 Å². The Morgan fingerprint density at radius 2 is 1.63 bits per heavy atom. The van der Waals surface area contributed by atoms with Crippen LogP contribution in [0.15, 0.2) is 36.4 Å². The average Bonchev–Trinajstić information content (AvgIpc) is 2.66. The zero-order valence-electron chi connectivity index (χ0n) is 16.0. The summed E-state index contributed by atoms with van der Waals surface area (Å²) in [5.41, 5.74) is 1.21. The van der Waals surface area contributed by atoms with Crippen molar-refractivity contribution in [1.82, 2.24) is 0 Å². The van der Waals surface area contributed by atoms with Crippen LogP contribution in [0, 0.1) is 0 Å². The van der Waals surface area contributed by atoms with E-state index in [0.717, 1.165) is 5.56 Å². The molecule has 2 rings (SSSR count). The van der Waals surface area contributed by atoms with Crippen LogP contribution < -0.4 is 18.9 Å². The molecule has 0 spiro atoms. The molecule has 2 aromatic rings. The average molecular weight is 391 g/mol. The van der Waals surface area contributed by atoms with Crippen LogP contribution in [0.4, 0.5) is 0 Å². The zero-order chi connectivity index (χ0) is 20.0. The minimum Gasteiger partial charge on any atom is -0.493 e. The number of ether oxygens (including phenoxy) is 4. The molecule has 0 saturated carbocycles. The molecule has 0 aliphatic carbocycles. The number of methoxy groups -OCH3 is 3. The molecule has 0 aromatic heterocycles. The van der Waals surface area contributed by atoms with Gasteiger partial charge < -0.3 is 18.9 Å². The van der Waals surface area contributed by atoms with Crippen LogP contribution in [0.25, 0.3) is 6.08 Å². The summed E-state index contributed by atoms with van der Waals surface area (Å²) in [4.78, 5) is 12.5. The van der Waals surface area contributed by atoms with Gasteiger partial charge in [-0.25, -0.2) is 0 Å². The lowest BCUT2D eigenvalue weighted by Gasteiger charge is -2.15. The van der Waals surface area contributed by atoms with Gasteiger partial charge >= 0.3 is 0 Å². The fourth-order valence-electron chi connectivity index (χ4n) is 2.44. The van der Waals surface area contributed by atoms with Gasteiger partial charge in [0.2, 0.25) is 0 Å². The highest BCUT2D eigenvalue weighted by molar-refractivity contribution is 6.32.